The second-order valence-electron chi connectivity index (χ2n) is 5.74. The smallest absolute Gasteiger partial charge is 0.260 e. The normalized spacial score (nSPS) is 11.3. The summed E-state index contributed by atoms with van der Waals surface area (Å²) in [6, 6.07) is 9.49. The molecule has 156 valence electrons. The fraction of sp³-hybridized carbons (Fsp3) is 0.222. The van der Waals surface area contributed by atoms with E-state index in [1.165, 1.54) is 38.6 Å². The first-order chi connectivity index (χ1) is 13.7. The van der Waals surface area contributed by atoms with Crippen LogP contribution in [0.25, 0.3) is 0 Å². The predicted molar refractivity (Wildman–Crippen MR) is 114 cm³/mol. The summed E-state index contributed by atoms with van der Waals surface area (Å²) in [5.41, 5.74) is 2.93. The van der Waals surface area contributed by atoms with Gasteiger partial charge in [-0.25, -0.2) is 13.8 Å². The summed E-state index contributed by atoms with van der Waals surface area (Å²) < 4.78 is 35.6. The molecule has 8 nitrogen and oxygen atoms in total. The van der Waals surface area contributed by atoms with Crippen LogP contribution in [0.15, 0.2) is 41.5 Å². The Hall–Kier alpha value is -2.49. The van der Waals surface area contributed by atoms with Crippen LogP contribution >= 0.6 is 23.2 Å². The summed E-state index contributed by atoms with van der Waals surface area (Å²) in [4.78, 5) is 12.3. The van der Waals surface area contributed by atoms with Gasteiger partial charge in [0.25, 0.3) is 5.91 Å². The summed E-state index contributed by atoms with van der Waals surface area (Å²) in [7, 11) is -0.828. The van der Waals surface area contributed by atoms with Crippen LogP contribution in [0.5, 0.6) is 11.5 Å². The van der Waals surface area contributed by atoms with E-state index in [-0.39, 0.29) is 15.7 Å². The Bertz CT molecular complexity index is 1030. The van der Waals surface area contributed by atoms with Gasteiger partial charge in [-0.15, -0.1) is 0 Å². The van der Waals surface area contributed by atoms with Crippen molar-refractivity contribution in [2.24, 2.45) is 5.10 Å². The van der Waals surface area contributed by atoms with Gasteiger partial charge in [0.2, 0.25) is 10.0 Å². The summed E-state index contributed by atoms with van der Waals surface area (Å²) in [6.45, 7) is -0.536. The Balaban J connectivity index is 2.18. The Morgan fingerprint density at radius 2 is 1.93 bits per heavy atom. The Morgan fingerprint density at radius 3 is 2.55 bits per heavy atom. The molecule has 0 aliphatic rings. The highest BCUT2D eigenvalue weighted by Crippen LogP contribution is 2.31. The van der Waals surface area contributed by atoms with Crippen LogP contribution in [0.4, 0.5) is 5.69 Å². The molecule has 0 heterocycles. The third-order valence-electron chi connectivity index (χ3n) is 3.69. The molecule has 0 bridgehead atoms. The monoisotopic (exact) mass is 459 g/mol. The van der Waals surface area contributed by atoms with E-state index in [9.17, 15) is 13.2 Å². The van der Waals surface area contributed by atoms with E-state index in [4.69, 9.17) is 32.7 Å². The molecule has 0 aliphatic carbocycles. The number of carbonyl (C=O) groups is 1. The minimum Gasteiger partial charge on any atom is -0.493 e. The molecule has 0 aromatic heterocycles. The van der Waals surface area contributed by atoms with Gasteiger partial charge in [0.15, 0.2) is 11.5 Å². The Morgan fingerprint density at radius 1 is 1.21 bits per heavy atom. The predicted octanol–water partition coefficient (Wildman–Crippen LogP) is 2.93. The van der Waals surface area contributed by atoms with E-state index in [2.05, 4.69) is 10.5 Å². The number of amides is 1. The lowest BCUT2D eigenvalue weighted by atomic mass is 10.2. The van der Waals surface area contributed by atoms with Crippen molar-refractivity contribution < 1.29 is 22.7 Å². The Kier molecular flexibility index (Phi) is 7.72. The minimum atomic E-state index is -3.81. The van der Waals surface area contributed by atoms with Crippen molar-refractivity contribution in [2.45, 2.75) is 0 Å². The van der Waals surface area contributed by atoms with Gasteiger partial charge in [-0.2, -0.15) is 5.10 Å². The van der Waals surface area contributed by atoms with Gasteiger partial charge in [0.1, 0.15) is 6.54 Å². The van der Waals surface area contributed by atoms with Crippen molar-refractivity contribution in [1.82, 2.24) is 5.43 Å². The summed E-state index contributed by atoms with van der Waals surface area (Å²) in [5.74, 6) is 0.266. The highest BCUT2D eigenvalue weighted by atomic mass is 35.5. The van der Waals surface area contributed by atoms with Crippen LogP contribution in [0.3, 0.4) is 0 Å². The first kappa shape index (κ1) is 22.8. The minimum absolute atomic E-state index is 0.0928. The molecule has 0 unspecified atom stereocenters. The highest BCUT2D eigenvalue weighted by molar-refractivity contribution is 7.92. The molecule has 0 saturated carbocycles. The molecule has 0 saturated heterocycles. The molecule has 11 heteroatoms. The number of hydrogen-bond acceptors (Lipinski definition) is 6. The number of halogens is 2. The standard InChI is InChI=1S/C18H19Cl2N3O5S/c1-27-16-6-4-5-12(18(16)28-2)10-21-22-17(24)11-23(29(3,25)26)15-9-13(19)7-8-14(15)20/h4-10H,11H2,1-3H3,(H,22,24)/b21-10-. The van der Waals surface area contributed by atoms with Gasteiger partial charge in [-0.05, 0) is 30.3 Å². The highest BCUT2D eigenvalue weighted by Gasteiger charge is 2.23. The topological polar surface area (TPSA) is 97.3 Å². The molecule has 2 aromatic carbocycles. The number of nitrogens with one attached hydrogen (secondary N) is 1. The van der Waals surface area contributed by atoms with Crippen LogP contribution in [0, 0.1) is 0 Å². The number of methoxy groups -OCH3 is 2. The molecule has 0 fully saturated rings. The van der Waals surface area contributed by atoms with Crippen LogP contribution in [-0.2, 0) is 14.8 Å². The van der Waals surface area contributed by atoms with Crippen LogP contribution in [-0.4, -0.2) is 47.6 Å². The van der Waals surface area contributed by atoms with Gasteiger partial charge in [-0.1, -0.05) is 29.3 Å². The molecule has 0 atom stereocenters. The first-order valence-corrected chi connectivity index (χ1v) is 10.7. The van der Waals surface area contributed by atoms with Gasteiger partial charge in [0.05, 0.1) is 37.4 Å². The average molecular weight is 460 g/mol. The zero-order chi connectivity index (χ0) is 21.6. The third-order valence-corrected chi connectivity index (χ3v) is 5.37. The Labute approximate surface area is 179 Å². The van der Waals surface area contributed by atoms with Crippen molar-refractivity contribution in [1.29, 1.82) is 0 Å². The second kappa shape index (κ2) is 9.82. The molecule has 0 aliphatic heterocycles. The van der Waals surface area contributed by atoms with Crippen LogP contribution in [0.1, 0.15) is 5.56 Å². The quantitative estimate of drug-likeness (QED) is 0.483. The van der Waals surface area contributed by atoms with Gasteiger partial charge >= 0.3 is 0 Å². The first-order valence-electron chi connectivity index (χ1n) is 8.13. The third kappa shape index (κ3) is 5.99. The summed E-state index contributed by atoms with van der Waals surface area (Å²) >= 11 is 12.0. The molecule has 1 N–H and O–H groups in total. The second-order valence-corrected chi connectivity index (χ2v) is 8.49. The number of ether oxygens (including phenoxy) is 2. The molecular formula is C18H19Cl2N3O5S. The summed E-state index contributed by atoms with van der Waals surface area (Å²) in [5, 5.41) is 4.27. The van der Waals surface area contributed by atoms with Crippen LogP contribution in [0.2, 0.25) is 10.0 Å². The lowest BCUT2D eigenvalue weighted by Crippen LogP contribution is -2.39. The molecular weight excluding hydrogens is 441 g/mol. The van der Waals surface area contributed by atoms with Crippen molar-refractivity contribution in [3.8, 4) is 11.5 Å². The van der Waals surface area contributed by atoms with Gasteiger partial charge in [-0.3, -0.25) is 9.10 Å². The van der Waals surface area contributed by atoms with Gasteiger partial charge < -0.3 is 9.47 Å². The molecule has 0 radical (unpaired) electrons. The van der Waals surface area contributed by atoms with Crippen LogP contribution < -0.4 is 19.2 Å². The number of nitrogens with zero attached hydrogens (tertiary/aromatic N) is 2. The maximum Gasteiger partial charge on any atom is 0.260 e. The molecule has 0 spiro atoms. The van der Waals surface area contributed by atoms with Crippen molar-refractivity contribution in [3.05, 3.63) is 52.0 Å². The zero-order valence-corrected chi connectivity index (χ0v) is 18.2. The van der Waals surface area contributed by atoms with E-state index in [0.717, 1.165) is 10.6 Å². The van der Waals surface area contributed by atoms with E-state index < -0.39 is 22.5 Å². The van der Waals surface area contributed by atoms with E-state index >= 15 is 0 Å². The summed E-state index contributed by atoms with van der Waals surface area (Å²) in [6.07, 6.45) is 2.32. The largest absolute Gasteiger partial charge is 0.493 e. The lowest BCUT2D eigenvalue weighted by molar-refractivity contribution is -0.119. The fourth-order valence-corrected chi connectivity index (χ4v) is 3.71. The average Bonchev–Trinajstić information content (AvgIpc) is 2.67. The maximum absolute atomic E-state index is 12.3. The zero-order valence-electron chi connectivity index (χ0n) is 15.8. The molecule has 29 heavy (non-hydrogen) atoms. The number of carbonyl (C=O) groups excluding carboxylic acids is 1. The fourth-order valence-electron chi connectivity index (χ4n) is 2.41. The maximum atomic E-state index is 12.3. The number of hydrogen-bond donors (Lipinski definition) is 1. The van der Waals surface area contributed by atoms with Crippen molar-refractivity contribution >= 4 is 51.0 Å². The van der Waals surface area contributed by atoms with Gasteiger partial charge in [0, 0.05) is 10.6 Å². The number of rotatable bonds is 8. The number of para-hydroxylation sites is 1. The van der Waals surface area contributed by atoms with Crippen molar-refractivity contribution in [3.63, 3.8) is 0 Å². The van der Waals surface area contributed by atoms with E-state index in [0.29, 0.717) is 17.1 Å². The molecule has 2 aromatic rings. The number of sulfonamides is 1. The molecule has 1 amide bonds. The van der Waals surface area contributed by atoms with Crippen molar-refractivity contribution in [2.75, 3.05) is 31.3 Å². The number of anilines is 1. The van der Waals surface area contributed by atoms with E-state index in [1.54, 1.807) is 18.2 Å². The SMILES string of the molecule is COc1cccc(/C=N\NC(=O)CN(c2cc(Cl)ccc2Cl)S(C)(=O)=O)c1OC. The number of hydrazone groups is 1. The lowest BCUT2D eigenvalue weighted by Gasteiger charge is -2.22. The molecule has 2 rings (SSSR count). The number of benzene rings is 2. The van der Waals surface area contributed by atoms with E-state index in [1.807, 2.05) is 0 Å².